The fourth-order valence-corrected chi connectivity index (χ4v) is 6.80. The van der Waals surface area contributed by atoms with Crippen LogP contribution in [0.3, 0.4) is 0 Å². The molecule has 0 bridgehead atoms. The standard InChI is InChI=1S/C41H28N4/c1-4-13-29(14-5-1)43(32-22-24-38-35(27-32)34-19-10-11-20-37(34)44(38)30-15-6-2-7-16-30)33-23-25-39-36(28-33)41-40(21-12-26-42-41)45(39)31-17-8-3-9-18-31/h1-28H. The number of hydrogen-bond acceptors (Lipinski definition) is 2. The maximum atomic E-state index is 4.87. The number of para-hydroxylation sites is 4. The van der Waals surface area contributed by atoms with Crippen molar-refractivity contribution in [3.8, 4) is 11.4 Å². The Morgan fingerprint density at radius 3 is 1.58 bits per heavy atom. The molecule has 0 aliphatic rings. The van der Waals surface area contributed by atoms with E-state index in [4.69, 9.17) is 4.98 Å². The Morgan fingerprint density at radius 2 is 0.889 bits per heavy atom. The lowest BCUT2D eigenvalue weighted by Crippen LogP contribution is -2.09. The van der Waals surface area contributed by atoms with Gasteiger partial charge < -0.3 is 14.0 Å². The van der Waals surface area contributed by atoms with Gasteiger partial charge in [-0.2, -0.15) is 0 Å². The highest BCUT2D eigenvalue weighted by molar-refractivity contribution is 6.11. The monoisotopic (exact) mass is 576 g/mol. The molecule has 0 atom stereocenters. The van der Waals surface area contributed by atoms with Crippen molar-refractivity contribution < 1.29 is 0 Å². The largest absolute Gasteiger partial charge is 0.310 e. The van der Waals surface area contributed by atoms with Crippen molar-refractivity contribution in [3.63, 3.8) is 0 Å². The van der Waals surface area contributed by atoms with E-state index in [9.17, 15) is 0 Å². The van der Waals surface area contributed by atoms with Crippen molar-refractivity contribution >= 4 is 60.8 Å². The van der Waals surface area contributed by atoms with Crippen molar-refractivity contribution in [2.75, 3.05) is 4.90 Å². The van der Waals surface area contributed by atoms with Crippen LogP contribution in [-0.2, 0) is 0 Å². The number of aromatic nitrogens is 3. The van der Waals surface area contributed by atoms with Crippen molar-refractivity contribution in [2.45, 2.75) is 0 Å². The summed E-state index contributed by atoms with van der Waals surface area (Å²) in [6.07, 6.45) is 1.88. The smallest absolute Gasteiger partial charge is 0.0964 e. The highest BCUT2D eigenvalue weighted by Crippen LogP contribution is 2.41. The van der Waals surface area contributed by atoms with E-state index in [1.165, 1.54) is 21.8 Å². The second kappa shape index (κ2) is 10.2. The lowest BCUT2D eigenvalue weighted by Gasteiger charge is -2.26. The summed E-state index contributed by atoms with van der Waals surface area (Å²) in [7, 11) is 0. The van der Waals surface area contributed by atoms with E-state index in [1.54, 1.807) is 0 Å². The Morgan fingerprint density at radius 1 is 0.378 bits per heavy atom. The molecule has 0 saturated carbocycles. The van der Waals surface area contributed by atoms with Gasteiger partial charge in [0.1, 0.15) is 0 Å². The predicted molar refractivity (Wildman–Crippen MR) is 188 cm³/mol. The molecule has 0 unspecified atom stereocenters. The van der Waals surface area contributed by atoms with Gasteiger partial charge in [0.05, 0.1) is 27.6 Å². The molecule has 0 aliphatic heterocycles. The summed E-state index contributed by atoms with van der Waals surface area (Å²) in [5, 5.41) is 3.57. The number of nitrogens with zero attached hydrogens (tertiary/aromatic N) is 4. The van der Waals surface area contributed by atoms with Crippen LogP contribution in [0.1, 0.15) is 0 Å². The highest BCUT2D eigenvalue weighted by Gasteiger charge is 2.19. The van der Waals surface area contributed by atoms with Gasteiger partial charge in [-0.3, -0.25) is 4.98 Å². The Labute approximate surface area is 260 Å². The molecular formula is C41H28N4. The van der Waals surface area contributed by atoms with Gasteiger partial charge in [0.15, 0.2) is 0 Å². The third kappa shape index (κ3) is 4.04. The molecule has 9 rings (SSSR count). The van der Waals surface area contributed by atoms with Crippen molar-refractivity contribution in [2.24, 2.45) is 0 Å². The first-order chi connectivity index (χ1) is 22.3. The van der Waals surface area contributed by atoms with Gasteiger partial charge in [0.25, 0.3) is 0 Å². The Balaban J connectivity index is 1.28. The number of rotatable bonds is 5. The molecule has 45 heavy (non-hydrogen) atoms. The van der Waals surface area contributed by atoms with E-state index in [-0.39, 0.29) is 0 Å². The maximum Gasteiger partial charge on any atom is 0.0964 e. The first kappa shape index (κ1) is 25.4. The van der Waals surface area contributed by atoms with Crippen LogP contribution < -0.4 is 4.90 Å². The minimum Gasteiger partial charge on any atom is -0.310 e. The fraction of sp³-hybridized carbons (Fsp3) is 0. The van der Waals surface area contributed by atoms with Gasteiger partial charge in [-0.25, -0.2) is 0 Å². The van der Waals surface area contributed by atoms with Crippen LogP contribution in [0.25, 0.3) is 55.1 Å². The lowest BCUT2D eigenvalue weighted by atomic mass is 10.1. The van der Waals surface area contributed by atoms with Crippen LogP contribution in [0.5, 0.6) is 0 Å². The van der Waals surface area contributed by atoms with Crippen molar-refractivity contribution in [1.29, 1.82) is 0 Å². The zero-order valence-corrected chi connectivity index (χ0v) is 24.5. The molecule has 0 radical (unpaired) electrons. The Bertz CT molecular complexity index is 2320. The molecule has 0 aliphatic carbocycles. The third-order valence-electron chi connectivity index (χ3n) is 8.72. The number of benzene rings is 6. The number of pyridine rings is 1. The molecule has 0 N–H and O–H groups in total. The van der Waals surface area contributed by atoms with Crippen LogP contribution in [0, 0.1) is 0 Å². The number of fused-ring (bicyclic) bond motifs is 6. The molecule has 9 aromatic rings. The maximum absolute atomic E-state index is 4.87. The first-order valence-electron chi connectivity index (χ1n) is 15.2. The molecule has 0 saturated heterocycles. The first-order valence-corrected chi connectivity index (χ1v) is 15.2. The summed E-state index contributed by atoms with van der Waals surface area (Å²) in [6, 6.07) is 58.2. The number of hydrogen-bond donors (Lipinski definition) is 0. The minimum absolute atomic E-state index is 0.993. The van der Waals surface area contributed by atoms with Gasteiger partial charge in [0, 0.05) is 50.8 Å². The van der Waals surface area contributed by atoms with E-state index in [0.717, 1.165) is 50.4 Å². The Kier molecular flexibility index (Phi) is 5.78. The second-order valence-corrected chi connectivity index (χ2v) is 11.3. The lowest BCUT2D eigenvalue weighted by molar-refractivity contribution is 1.17. The highest BCUT2D eigenvalue weighted by atomic mass is 15.1. The average molecular weight is 577 g/mol. The molecule has 0 fully saturated rings. The molecule has 0 amide bonds. The van der Waals surface area contributed by atoms with E-state index in [0.29, 0.717) is 0 Å². The zero-order valence-electron chi connectivity index (χ0n) is 24.5. The van der Waals surface area contributed by atoms with E-state index < -0.39 is 0 Å². The Hall–Kier alpha value is -6.13. The van der Waals surface area contributed by atoms with Gasteiger partial charge in [-0.15, -0.1) is 0 Å². The summed E-state index contributed by atoms with van der Waals surface area (Å²) in [4.78, 5) is 7.22. The summed E-state index contributed by atoms with van der Waals surface area (Å²) in [5.41, 5.74) is 11.2. The summed E-state index contributed by atoms with van der Waals surface area (Å²) < 4.78 is 4.66. The topological polar surface area (TPSA) is 26.0 Å². The van der Waals surface area contributed by atoms with Crippen LogP contribution in [0.2, 0.25) is 0 Å². The SMILES string of the molecule is c1ccc(N(c2ccc3c(c2)c2ccccc2n3-c2ccccc2)c2ccc3c(c2)c2ncccc2n3-c2ccccc2)cc1. The molecule has 3 aromatic heterocycles. The molecule has 0 spiro atoms. The second-order valence-electron chi connectivity index (χ2n) is 11.3. The van der Waals surface area contributed by atoms with Gasteiger partial charge in [-0.05, 0) is 91.0 Å². The van der Waals surface area contributed by atoms with E-state index in [1.807, 2.05) is 12.3 Å². The molecule has 6 aromatic carbocycles. The van der Waals surface area contributed by atoms with E-state index >= 15 is 0 Å². The van der Waals surface area contributed by atoms with Gasteiger partial charge >= 0.3 is 0 Å². The van der Waals surface area contributed by atoms with Crippen molar-refractivity contribution in [1.82, 2.24) is 14.1 Å². The molecule has 4 nitrogen and oxygen atoms in total. The molecular weight excluding hydrogens is 548 g/mol. The van der Waals surface area contributed by atoms with Crippen LogP contribution in [-0.4, -0.2) is 14.1 Å². The zero-order chi connectivity index (χ0) is 29.7. The summed E-state index contributed by atoms with van der Waals surface area (Å²) in [6.45, 7) is 0. The molecule has 4 heteroatoms. The van der Waals surface area contributed by atoms with Crippen LogP contribution in [0.15, 0.2) is 170 Å². The van der Waals surface area contributed by atoms with E-state index in [2.05, 4.69) is 172 Å². The average Bonchev–Trinajstić information content (AvgIpc) is 3.62. The third-order valence-corrected chi connectivity index (χ3v) is 8.72. The fourth-order valence-electron chi connectivity index (χ4n) is 6.80. The molecule has 212 valence electrons. The minimum atomic E-state index is 0.993. The summed E-state index contributed by atoms with van der Waals surface area (Å²) >= 11 is 0. The quantitative estimate of drug-likeness (QED) is 0.204. The van der Waals surface area contributed by atoms with Crippen LogP contribution in [0.4, 0.5) is 17.1 Å². The summed E-state index contributed by atoms with van der Waals surface area (Å²) in [5.74, 6) is 0. The molecule has 3 heterocycles. The van der Waals surface area contributed by atoms with Gasteiger partial charge in [-0.1, -0.05) is 72.8 Å². The van der Waals surface area contributed by atoms with Gasteiger partial charge in [0.2, 0.25) is 0 Å². The normalized spacial score (nSPS) is 11.6. The van der Waals surface area contributed by atoms with Crippen LogP contribution >= 0.6 is 0 Å². The van der Waals surface area contributed by atoms with Crippen molar-refractivity contribution in [3.05, 3.63) is 170 Å². The number of anilines is 3. The predicted octanol–water partition coefficient (Wildman–Crippen LogP) is 10.7.